The molecule has 2 aromatic rings. The number of hydrogen-bond acceptors (Lipinski definition) is 8. The van der Waals surface area contributed by atoms with Crippen LogP contribution < -0.4 is 10.2 Å². The van der Waals surface area contributed by atoms with Gasteiger partial charge in [0.2, 0.25) is 0 Å². The molecule has 2 atom stereocenters. The van der Waals surface area contributed by atoms with Gasteiger partial charge < -0.3 is 29.5 Å². The lowest BCUT2D eigenvalue weighted by Crippen LogP contribution is -2.26. The Morgan fingerprint density at radius 1 is 1.06 bits per heavy atom. The number of rotatable bonds is 13. The number of aliphatic hydroxyl groups is 1. The van der Waals surface area contributed by atoms with Crippen LogP contribution in [-0.4, -0.2) is 69.1 Å². The van der Waals surface area contributed by atoms with Crippen LogP contribution >= 0.6 is 7.60 Å². The largest absolute Gasteiger partial charge is 0.388 e. The van der Waals surface area contributed by atoms with Gasteiger partial charge in [0.05, 0.1) is 24.6 Å². The minimum atomic E-state index is -3.61. The highest BCUT2D eigenvalue weighted by Crippen LogP contribution is 2.36. The summed E-state index contributed by atoms with van der Waals surface area (Å²) in [5.41, 5.74) is 2.96. The Hall–Kier alpha value is -2.62. The van der Waals surface area contributed by atoms with Crippen molar-refractivity contribution in [3.05, 3.63) is 54.1 Å². The summed E-state index contributed by atoms with van der Waals surface area (Å²) in [5.74, 6) is -0.215. The second kappa shape index (κ2) is 13.2. The number of ether oxygens (including phenoxy) is 1. The standard InChI is InChI=1S/C22H31N4O6P/c1-26(2)20-11-9-19(10-12-20)25-24-18-7-5-17(6-8-18)22(28)23-13-4-14-31-15-21(27)16-32-33(3,29)30/h5-12,21,27H,4,13-16H2,1-3H3,(H,23,28)(H,29,30)/b25-24+. The Kier molecular flexibility index (Phi) is 10.6. The van der Waals surface area contributed by atoms with Crippen molar-refractivity contribution in [1.82, 2.24) is 5.32 Å². The van der Waals surface area contributed by atoms with Crippen LogP contribution in [0.15, 0.2) is 58.8 Å². The molecule has 0 aliphatic rings. The molecule has 10 nitrogen and oxygen atoms in total. The minimum Gasteiger partial charge on any atom is -0.388 e. The van der Waals surface area contributed by atoms with Gasteiger partial charge in [-0.25, -0.2) is 0 Å². The van der Waals surface area contributed by atoms with E-state index in [-0.39, 0.29) is 19.1 Å². The number of benzene rings is 2. The summed E-state index contributed by atoms with van der Waals surface area (Å²) in [7, 11) is 0.329. The number of anilines is 1. The first-order chi connectivity index (χ1) is 15.6. The van der Waals surface area contributed by atoms with Crippen molar-refractivity contribution >= 4 is 30.6 Å². The summed E-state index contributed by atoms with van der Waals surface area (Å²) in [4.78, 5) is 23.2. The molecule has 1 unspecified atom stereocenters. The lowest BCUT2D eigenvalue weighted by molar-refractivity contribution is 0.00973. The molecule has 0 radical (unpaired) electrons. The van der Waals surface area contributed by atoms with Gasteiger partial charge in [0.1, 0.15) is 6.10 Å². The SMILES string of the molecule is CN(C)c1ccc(/N=N/c2ccc(C(=O)NCCCOCC(O)CO[P@](C)(=O)O)cc2)cc1. The molecule has 2 rings (SSSR count). The molecule has 0 bridgehead atoms. The average molecular weight is 478 g/mol. The van der Waals surface area contributed by atoms with Crippen LogP contribution in [-0.2, 0) is 13.8 Å². The van der Waals surface area contributed by atoms with Crippen LogP contribution in [0.2, 0.25) is 0 Å². The van der Waals surface area contributed by atoms with Crippen LogP contribution in [0.4, 0.5) is 17.1 Å². The normalized spacial score (nSPS) is 14.1. The molecule has 0 heterocycles. The van der Waals surface area contributed by atoms with Gasteiger partial charge in [-0.1, -0.05) is 0 Å². The zero-order valence-corrected chi connectivity index (χ0v) is 19.9. The van der Waals surface area contributed by atoms with E-state index in [2.05, 4.69) is 20.1 Å². The zero-order valence-electron chi connectivity index (χ0n) is 19.0. The van der Waals surface area contributed by atoms with E-state index in [1.807, 2.05) is 43.3 Å². The molecule has 0 fully saturated rings. The fourth-order valence-corrected chi connectivity index (χ4v) is 3.03. The Labute approximate surface area is 193 Å². The van der Waals surface area contributed by atoms with E-state index >= 15 is 0 Å². The summed E-state index contributed by atoms with van der Waals surface area (Å²) >= 11 is 0. The predicted molar refractivity (Wildman–Crippen MR) is 127 cm³/mol. The van der Waals surface area contributed by atoms with Crippen molar-refractivity contribution in [1.29, 1.82) is 0 Å². The van der Waals surface area contributed by atoms with Gasteiger partial charge in [-0.05, 0) is 55.0 Å². The van der Waals surface area contributed by atoms with E-state index in [1.54, 1.807) is 24.3 Å². The van der Waals surface area contributed by atoms with Crippen LogP contribution in [0.1, 0.15) is 16.8 Å². The monoisotopic (exact) mass is 478 g/mol. The fourth-order valence-electron chi connectivity index (χ4n) is 2.58. The Morgan fingerprint density at radius 2 is 1.64 bits per heavy atom. The quantitative estimate of drug-likeness (QED) is 0.228. The van der Waals surface area contributed by atoms with E-state index in [4.69, 9.17) is 9.63 Å². The molecular weight excluding hydrogens is 447 g/mol. The molecule has 180 valence electrons. The number of carbonyl (C=O) groups excluding carboxylic acids is 1. The molecule has 0 aromatic heterocycles. The highest BCUT2D eigenvalue weighted by atomic mass is 31.2. The van der Waals surface area contributed by atoms with Crippen molar-refractivity contribution in [2.24, 2.45) is 10.2 Å². The van der Waals surface area contributed by atoms with Gasteiger partial charge >= 0.3 is 7.60 Å². The maximum atomic E-state index is 12.2. The third-order valence-corrected chi connectivity index (χ3v) is 4.97. The molecule has 0 aliphatic heterocycles. The van der Waals surface area contributed by atoms with Gasteiger partial charge in [0.15, 0.2) is 0 Å². The second-order valence-electron chi connectivity index (χ2n) is 7.59. The zero-order chi connectivity index (χ0) is 24.3. The first-order valence-electron chi connectivity index (χ1n) is 10.4. The smallest absolute Gasteiger partial charge is 0.325 e. The molecule has 11 heteroatoms. The lowest BCUT2D eigenvalue weighted by atomic mass is 10.2. The molecule has 0 saturated carbocycles. The van der Waals surface area contributed by atoms with Crippen LogP contribution in [0.5, 0.6) is 0 Å². The number of carbonyl (C=O) groups is 1. The van der Waals surface area contributed by atoms with E-state index < -0.39 is 13.7 Å². The van der Waals surface area contributed by atoms with Crippen molar-refractivity contribution in [2.45, 2.75) is 12.5 Å². The maximum Gasteiger partial charge on any atom is 0.325 e. The summed E-state index contributed by atoms with van der Waals surface area (Å²) in [6.45, 7) is 1.46. The molecule has 33 heavy (non-hydrogen) atoms. The van der Waals surface area contributed by atoms with Gasteiger partial charge in [-0.2, -0.15) is 10.2 Å². The van der Waals surface area contributed by atoms with Crippen molar-refractivity contribution in [3.8, 4) is 0 Å². The second-order valence-corrected chi connectivity index (χ2v) is 9.46. The Bertz CT molecular complexity index is 944. The third kappa shape index (κ3) is 10.7. The number of nitrogens with one attached hydrogen (secondary N) is 1. The number of azo groups is 1. The Balaban J connectivity index is 1.67. The van der Waals surface area contributed by atoms with E-state index in [0.29, 0.717) is 30.8 Å². The van der Waals surface area contributed by atoms with E-state index in [9.17, 15) is 14.5 Å². The lowest BCUT2D eigenvalue weighted by Gasteiger charge is -2.13. The van der Waals surface area contributed by atoms with Gasteiger partial charge in [0.25, 0.3) is 5.91 Å². The van der Waals surface area contributed by atoms with Gasteiger partial charge in [0, 0.05) is 45.2 Å². The number of hydrogen-bond donors (Lipinski definition) is 3. The highest BCUT2D eigenvalue weighted by Gasteiger charge is 2.13. The molecule has 2 aromatic carbocycles. The number of nitrogens with zero attached hydrogens (tertiary/aromatic N) is 3. The first-order valence-corrected chi connectivity index (χ1v) is 12.4. The molecule has 0 spiro atoms. The number of aliphatic hydroxyl groups excluding tert-OH is 1. The Morgan fingerprint density at radius 3 is 2.18 bits per heavy atom. The summed E-state index contributed by atoms with van der Waals surface area (Å²) in [6.07, 6.45) is -0.446. The molecular formula is C22H31N4O6P. The third-order valence-electron chi connectivity index (χ3n) is 4.34. The van der Waals surface area contributed by atoms with Crippen molar-refractivity contribution < 1.29 is 28.6 Å². The summed E-state index contributed by atoms with van der Waals surface area (Å²) in [6, 6.07) is 14.5. The maximum absolute atomic E-state index is 12.2. The van der Waals surface area contributed by atoms with Crippen molar-refractivity contribution in [3.63, 3.8) is 0 Å². The summed E-state index contributed by atoms with van der Waals surface area (Å²) in [5, 5.41) is 20.8. The first kappa shape index (κ1) is 26.6. The predicted octanol–water partition coefficient (Wildman–Crippen LogP) is 3.50. The molecule has 3 N–H and O–H groups in total. The van der Waals surface area contributed by atoms with Crippen LogP contribution in [0.25, 0.3) is 0 Å². The molecule has 0 saturated heterocycles. The van der Waals surface area contributed by atoms with Crippen LogP contribution in [0, 0.1) is 0 Å². The molecule has 0 aliphatic carbocycles. The van der Waals surface area contributed by atoms with Crippen LogP contribution in [0.3, 0.4) is 0 Å². The topological polar surface area (TPSA) is 133 Å². The fraction of sp³-hybridized carbons (Fsp3) is 0.409. The van der Waals surface area contributed by atoms with Gasteiger partial charge in [-0.15, -0.1) is 0 Å². The van der Waals surface area contributed by atoms with E-state index in [0.717, 1.165) is 18.0 Å². The number of amides is 1. The highest BCUT2D eigenvalue weighted by molar-refractivity contribution is 7.51. The summed E-state index contributed by atoms with van der Waals surface area (Å²) < 4.78 is 20.9. The molecule has 1 amide bonds. The van der Waals surface area contributed by atoms with Gasteiger partial charge in [-0.3, -0.25) is 9.36 Å². The minimum absolute atomic E-state index is 0.0240. The van der Waals surface area contributed by atoms with E-state index in [1.165, 1.54) is 0 Å². The van der Waals surface area contributed by atoms with Crippen molar-refractivity contribution in [2.75, 3.05) is 52.0 Å². The average Bonchev–Trinajstić information content (AvgIpc) is 2.78.